The van der Waals surface area contributed by atoms with Gasteiger partial charge in [0.25, 0.3) is 0 Å². The first kappa shape index (κ1) is 14.4. The van der Waals surface area contributed by atoms with Crippen molar-refractivity contribution in [2.45, 2.75) is 51.4 Å². The van der Waals surface area contributed by atoms with Gasteiger partial charge in [-0.15, -0.1) is 0 Å². The quantitative estimate of drug-likeness (QED) is 0.808. The van der Waals surface area contributed by atoms with Crippen LogP contribution in [0.5, 0.6) is 0 Å². The molecule has 3 unspecified atom stereocenters. The normalized spacial score (nSPS) is 34.3. The summed E-state index contributed by atoms with van der Waals surface area (Å²) >= 11 is 6.07. The van der Waals surface area contributed by atoms with Crippen molar-refractivity contribution in [3.63, 3.8) is 0 Å². The first-order valence-electron chi connectivity index (χ1n) is 8.22. The standard InChI is InChI=1S/C18H26ClN/c1-2-15-5-3-4-10-18(15)11-12-20-13-17(18)14-6-8-16(19)9-7-14/h6-9,15,17,20H,2-5,10-13H2,1H3. The predicted octanol–water partition coefficient (Wildman–Crippen LogP) is 5.00. The summed E-state index contributed by atoms with van der Waals surface area (Å²) in [5, 5.41) is 4.48. The van der Waals surface area contributed by atoms with Crippen LogP contribution in [0.25, 0.3) is 0 Å². The fraction of sp³-hybridized carbons (Fsp3) is 0.667. The molecule has 0 amide bonds. The van der Waals surface area contributed by atoms with Crippen LogP contribution in [-0.2, 0) is 0 Å². The van der Waals surface area contributed by atoms with Gasteiger partial charge >= 0.3 is 0 Å². The first-order chi connectivity index (χ1) is 9.76. The summed E-state index contributed by atoms with van der Waals surface area (Å²) in [7, 11) is 0. The number of benzene rings is 1. The summed E-state index contributed by atoms with van der Waals surface area (Å²) in [6.07, 6.45) is 8.38. The molecule has 1 aliphatic carbocycles. The van der Waals surface area contributed by atoms with Crippen molar-refractivity contribution in [3.8, 4) is 0 Å². The number of rotatable bonds is 2. The zero-order valence-electron chi connectivity index (χ0n) is 12.5. The average molecular weight is 292 g/mol. The van der Waals surface area contributed by atoms with Crippen molar-refractivity contribution in [2.75, 3.05) is 13.1 Å². The Balaban J connectivity index is 1.95. The minimum absolute atomic E-state index is 0.534. The molecular weight excluding hydrogens is 266 g/mol. The van der Waals surface area contributed by atoms with Crippen molar-refractivity contribution in [3.05, 3.63) is 34.9 Å². The second-order valence-corrected chi connectivity index (χ2v) is 7.08. The van der Waals surface area contributed by atoms with E-state index in [-0.39, 0.29) is 0 Å². The molecule has 1 N–H and O–H groups in total. The molecule has 1 nitrogen and oxygen atoms in total. The van der Waals surface area contributed by atoms with Crippen LogP contribution in [0.3, 0.4) is 0 Å². The van der Waals surface area contributed by atoms with Crippen LogP contribution in [0.1, 0.15) is 56.9 Å². The molecule has 3 atom stereocenters. The third kappa shape index (κ3) is 2.51. The molecule has 0 radical (unpaired) electrons. The Kier molecular flexibility index (Phi) is 4.37. The van der Waals surface area contributed by atoms with E-state index < -0.39 is 0 Å². The fourth-order valence-electron chi connectivity index (χ4n) is 4.82. The van der Waals surface area contributed by atoms with Crippen LogP contribution in [0, 0.1) is 11.3 Å². The summed E-state index contributed by atoms with van der Waals surface area (Å²) < 4.78 is 0. The number of piperidine rings is 1. The molecule has 1 aromatic carbocycles. The van der Waals surface area contributed by atoms with Gasteiger partial charge in [-0.1, -0.05) is 49.9 Å². The van der Waals surface area contributed by atoms with E-state index in [1.807, 2.05) is 0 Å². The Bertz CT molecular complexity index is 435. The van der Waals surface area contributed by atoms with Crippen LogP contribution < -0.4 is 5.32 Å². The third-order valence-corrected chi connectivity index (χ3v) is 6.08. The highest BCUT2D eigenvalue weighted by atomic mass is 35.5. The Hall–Kier alpha value is -0.530. The molecule has 20 heavy (non-hydrogen) atoms. The van der Waals surface area contributed by atoms with Crippen LogP contribution >= 0.6 is 11.6 Å². The lowest BCUT2D eigenvalue weighted by Gasteiger charge is -2.52. The van der Waals surface area contributed by atoms with E-state index in [0.29, 0.717) is 11.3 Å². The SMILES string of the molecule is CCC1CCCCC12CCNCC2c1ccc(Cl)cc1. The van der Waals surface area contributed by atoms with E-state index in [1.165, 1.54) is 50.6 Å². The van der Waals surface area contributed by atoms with Gasteiger partial charge in [-0.05, 0) is 54.8 Å². The second kappa shape index (κ2) is 6.07. The van der Waals surface area contributed by atoms with Gasteiger partial charge in [-0.3, -0.25) is 0 Å². The Labute approximate surface area is 128 Å². The number of halogens is 1. The minimum Gasteiger partial charge on any atom is -0.316 e. The largest absolute Gasteiger partial charge is 0.316 e. The van der Waals surface area contributed by atoms with E-state index in [4.69, 9.17) is 11.6 Å². The lowest BCUT2D eigenvalue weighted by atomic mass is 9.55. The first-order valence-corrected chi connectivity index (χ1v) is 8.60. The van der Waals surface area contributed by atoms with Crippen LogP contribution in [0.15, 0.2) is 24.3 Å². The Morgan fingerprint density at radius 1 is 1.20 bits per heavy atom. The molecule has 110 valence electrons. The second-order valence-electron chi connectivity index (χ2n) is 6.64. The molecule has 1 saturated heterocycles. The van der Waals surface area contributed by atoms with E-state index in [9.17, 15) is 0 Å². The van der Waals surface area contributed by atoms with E-state index in [2.05, 4.69) is 36.5 Å². The lowest BCUT2D eigenvalue weighted by molar-refractivity contribution is 0.0293. The van der Waals surface area contributed by atoms with Crippen LogP contribution in [0.4, 0.5) is 0 Å². The summed E-state index contributed by atoms with van der Waals surface area (Å²) in [5.74, 6) is 1.57. The fourth-order valence-corrected chi connectivity index (χ4v) is 4.95. The zero-order chi connectivity index (χ0) is 14.0. The molecule has 2 aliphatic rings. The van der Waals surface area contributed by atoms with Gasteiger partial charge in [0, 0.05) is 17.5 Å². The molecule has 1 saturated carbocycles. The van der Waals surface area contributed by atoms with Gasteiger partial charge in [0.2, 0.25) is 0 Å². The van der Waals surface area contributed by atoms with Gasteiger partial charge < -0.3 is 5.32 Å². The van der Waals surface area contributed by atoms with Crippen LogP contribution in [-0.4, -0.2) is 13.1 Å². The molecule has 2 fully saturated rings. The summed E-state index contributed by atoms with van der Waals surface area (Å²) in [6, 6.07) is 8.62. The lowest BCUT2D eigenvalue weighted by Crippen LogP contribution is -2.49. The van der Waals surface area contributed by atoms with Gasteiger partial charge in [-0.25, -0.2) is 0 Å². The third-order valence-electron chi connectivity index (χ3n) is 5.83. The summed E-state index contributed by atoms with van der Waals surface area (Å²) in [5.41, 5.74) is 2.02. The highest BCUT2D eigenvalue weighted by molar-refractivity contribution is 6.30. The molecule has 3 rings (SSSR count). The van der Waals surface area contributed by atoms with E-state index in [0.717, 1.165) is 17.5 Å². The van der Waals surface area contributed by atoms with Gasteiger partial charge in [-0.2, -0.15) is 0 Å². The van der Waals surface area contributed by atoms with E-state index >= 15 is 0 Å². The molecule has 1 heterocycles. The highest BCUT2D eigenvalue weighted by Crippen LogP contribution is 2.55. The van der Waals surface area contributed by atoms with Gasteiger partial charge in [0.05, 0.1) is 0 Å². The molecule has 1 aromatic rings. The van der Waals surface area contributed by atoms with E-state index in [1.54, 1.807) is 0 Å². The van der Waals surface area contributed by atoms with Crippen molar-refractivity contribution >= 4 is 11.6 Å². The predicted molar refractivity (Wildman–Crippen MR) is 86.4 cm³/mol. The maximum Gasteiger partial charge on any atom is 0.0406 e. The molecule has 1 aliphatic heterocycles. The molecule has 0 aromatic heterocycles. The average Bonchev–Trinajstić information content (AvgIpc) is 2.49. The van der Waals surface area contributed by atoms with Crippen molar-refractivity contribution in [2.24, 2.45) is 11.3 Å². The maximum absolute atomic E-state index is 6.07. The van der Waals surface area contributed by atoms with Gasteiger partial charge in [0.15, 0.2) is 0 Å². The van der Waals surface area contributed by atoms with Crippen molar-refractivity contribution in [1.82, 2.24) is 5.32 Å². The number of hydrogen-bond donors (Lipinski definition) is 1. The monoisotopic (exact) mass is 291 g/mol. The Morgan fingerprint density at radius 3 is 2.75 bits per heavy atom. The maximum atomic E-state index is 6.07. The number of nitrogens with one attached hydrogen (secondary N) is 1. The van der Waals surface area contributed by atoms with Crippen molar-refractivity contribution < 1.29 is 0 Å². The minimum atomic E-state index is 0.534. The highest BCUT2D eigenvalue weighted by Gasteiger charge is 2.47. The van der Waals surface area contributed by atoms with Crippen LogP contribution in [0.2, 0.25) is 5.02 Å². The molecule has 2 heteroatoms. The summed E-state index contributed by atoms with van der Waals surface area (Å²) in [4.78, 5) is 0. The molecule has 1 spiro atoms. The van der Waals surface area contributed by atoms with Gasteiger partial charge in [0.1, 0.15) is 0 Å². The van der Waals surface area contributed by atoms with Crippen molar-refractivity contribution in [1.29, 1.82) is 0 Å². The smallest absolute Gasteiger partial charge is 0.0406 e. The summed E-state index contributed by atoms with van der Waals surface area (Å²) in [6.45, 7) is 4.72. The molecular formula is C18H26ClN. The zero-order valence-corrected chi connectivity index (χ0v) is 13.3. The molecule has 0 bridgehead atoms. The Morgan fingerprint density at radius 2 is 2.00 bits per heavy atom. The number of hydrogen-bond acceptors (Lipinski definition) is 1. The topological polar surface area (TPSA) is 12.0 Å².